The van der Waals surface area contributed by atoms with Crippen LogP contribution in [0.5, 0.6) is 0 Å². The first-order valence-corrected chi connectivity index (χ1v) is 12.7. The van der Waals surface area contributed by atoms with Gasteiger partial charge in [-0.2, -0.15) is 0 Å². The van der Waals surface area contributed by atoms with Crippen LogP contribution in [0.3, 0.4) is 0 Å². The van der Waals surface area contributed by atoms with Crippen LogP contribution in [0.2, 0.25) is 4.34 Å². The number of carboxylic acids is 1. The molecule has 2 aromatic heterocycles. The number of hydrogen-bond donors (Lipinski definition) is 3. The van der Waals surface area contributed by atoms with Crippen LogP contribution < -0.4 is 15.2 Å². The van der Waals surface area contributed by atoms with Crippen molar-refractivity contribution >= 4 is 69.7 Å². The third-order valence-electron chi connectivity index (χ3n) is 5.20. The normalized spacial score (nSPS) is 18.9. The van der Waals surface area contributed by atoms with Crippen LogP contribution in [-0.2, 0) is 30.6 Å². The van der Waals surface area contributed by atoms with Crippen molar-refractivity contribution in [2.24, 2.45) is 5.16 Å². The van der Waals surface area contributed by atoms with Gasteiger partial charge in [0.05, 0.1) is 0 Å². The Kier molecular flexibility index (Phi) is 8.07. The summed E-state index contributed by atoms with van der Waals surface area (Å²) >= 11 is 8.40. The summed E-state index contributed by atoms with van der Waals surface area (Å²) in [6.45, 7) is 0.0490. The molecule has 0 spiro atoms. The summed E-state index contributed by atoms with van der Waals surface area (Å²) in [4.78, 5) is 59.2. The van der Waals surface area contributed by atoms with Gasteiger partial charge in [0.15, 0.2) is 36.4 Å². The lowest BCUT2D eigenvalue weighted by atomic mass is 10.0. The van der Waals surface area contributed by atoms with Gasteiger partial charge in [-0.1, -0.05) is 40.1 Å². The molecule has 0 aromatic carbocycles. The number of carboxylic acid groups (broad SMARTS) is 1. The molecule has 1 fully saturated rings. The molecule has 0 saturated carbocycles. The molecule has 12 nitrogen and oxygen atoms in total. The summed E-state index contributed by atoms with van der Waals surface area (Å²) in [7, 11) is 0. The molecule has 1 unspecified atom stereocenters. The van der Waals surface area contributed by atoms with E-state index in [9.17, 15) is 24.3 Å². The first-order chi connectivity index (χ1) is 17.8. The molecule has 2 aliphatic rings. The number of thiazole rings is 1. The number of hydrogen-bond acceptors (Lipinski definition) is 9. The van der Waals surface area contributed by atoms with Gasteiger partial charge in [-0.3, -0.25) is 19.3 Å². The smallest absolute Gasteiger partial charge is 0.352 e. The molecule has 37 heavy (non-hydrogen) atoms. The number of halogens is 1. The first kappa shape index (κ1) is 26.1. The van der Waals surface area contributed by atoms with Gasteiger partial charge in [0.1, 0.15) is 27.1 Å². The Morgan fingerprint density at radius 1 is 1.41 bits per heavy atom. The van der Waals surface area contributed by atoms with Gasteiger partial charge < -0.3 is 20.6 Å². The summed E-state index contributed by atoms with van der Waals surface area (Å²) < 4.78 is 1.85. The maximum Gasteiger partial charge on any atom is 0.352 e. The standard InChI is InChI=1S/C22H17ClN6O6S2/c1-2-8-35-27-14(13-17(23)37-22(26-13)24-11-30)18(31)25-15-19(32)29-16(21(33)34)12(10-36-20(15)29)9-28-6-4-3-5-7-28/h1,3-7,11,15,20H,8-10H2,(H2-,24,25,26,30,31,33,34)/p+1/t15?,20-/m1/s1. The van der Waals surface area contributed by atoms with E-state index in [1.807, 2.05) is 22.8 Å². The Labute approximate surface area is 223 Å². The number of thioether (sulfide) groups is 1. The zero-order valence-corrected chi connectivity index (χ0v) is 21.2. The SMILES string of the molecule is C#CCON=C(C(=O)NC1C(=O)N2C(C(=O)O)=C(C[n+]3ccccc3)CS[C@H]12)c1nc(NC=O)sc1Cl. The fourth-order valence-electron chi connectivity index (χ4n) is 3.66. The Hall–Kier alpha value is -3.93. The molecule has 2 aliphatic heterocycles. The number of fused-ring (bicyclic) bond motifs is 1. The lowest BCUT2D eigenvalue weighted by molar-refractivity contribution is -0.689. The molecule has 2 aromatic rings. The topological polar surface area (TPSA) is 154 Å². The molecular weight excluding hydrogens is 544 g/mol. The van der Waals surface area contributed by atoms with E-state index in [2.05, 4.69) is 26.7 Å². The van der Waals surface area contributed by atoms with E-state index in [1.54, 1.807) is 12.4 Å². The highest BCUT2D eigenvalue weighted by Crippen LogP contribution is 2.40. The molecular formula is C22H18ClN6O6S2+. The number of pyridine rings is 1. The highest BCUT2D eigenvalue weighted by molar-refractivity contribution is 8.00. The van der Waals surface area contributed by atoms with Gasteiger partial charge in [0.25, 0.3) is 11.8 Å². The van der Waals surface area contributed by atoms with Crippen molar-refractivity contribution in [3.05, 3.63) is 51.9 Å². The molecule has 0 bridgehead atoms. The lowest BCUT2D eigenvalue weighted by Gasteiger charge is -2.49. The number of oxime groups is 1. The van der Waals surface area contributed by atoms with E-state index < -0.39 is 29.2 Å². The van der Waals surface area contributed by atoms with Crippen molar-refractivity contribution in [2.75, 3.05) is 17.7 Å². The molecule has 1 saturated heterocycles. The molecule has 190 valence electrons. The van der Waals surface area contributed by atoms with Crippen LogP contribution in [0.1, 0.15) is 5.69 Å². The number of amides is 3. The summed E-state index contributed by atoms with van der Waals surface area (Å²) in [6, 6.07) is 4.45. The Morgan fingerprint density at radius 2 is 2.16 bits per heavy atom. The largest absolute Gasteiger partial charge is 0.477 e. The Morgan fingerprint density at radius 3 is 2.84 bits per heavy atom. The van der Waals surface area contributed by atoms with Crippen molar-refractivity contribution < 1.29 is 33.7 Å². The van der Waals surface area contributed by atoms with Crippen LogP contribution >= 0.6 is 34.7 Å². The monoisotopic (exact) mass is 561 g/mol. The van der Waals surface area contributed by atoms with E-state index in [0.29, 0.717) is 24.3 Å². The quantitative estimate of drug-likeness (QED) is 0.0718. The summed E-state index contributed by atoms with van der Waals surface area (Å²) in [5.41, 5.74) is 0.0166. The zero-order chi connectivity index (χ0) is 26.5. The van der Waals surface area contributed by atoms with Crippen LogP contribution in [0.15, 0.2) is 47.0 Å². The molecule has 4 rings (SSSR count). The van der Waals surface area contributed by atoms with Crippen molar-refractivity contribution in [1.82, 2.24) is 15.2 Å². The average molecular weight is 562 g/mol. The number of aromatic nitrogens is 2. The molecule has 4 heterocycles. The molecule has 0 radical (unpaired) electrons. The third-order valence-corrected chi connectivity index (χ3v) is 7.72. The van der Waals surface area contributed by atoms with Crippen LogP contribution in [0.4, 0.5) is 5.13 Å². The van der Waals surface area contributed by atoms with Crippen molar-refractivity contribution in [3.63, 3.8) is 0 Å². The number of nitrogens with one attached hydrogen (secondary N) is 2. The van der Waals surface area contributed by atoms with Crippen LogP contribution in [0.25, 0.3) is 0 Å². The maximum absolute atomic E-state index is 13.1. The summed E-state index contributed by atoms with van der Waals surface area (Å²) in [5.74, 6) is -0.117. The van der Waals surface area contributed by atoms with E-state index in [0.717, 1.165) is 11.3 Å². The Balaban J connectivity index is 1.55. The first-order valence-electron chi connectivity index (χ1n) is 10.5. The zero-order valence-electron chi connectivity index (χ0n) is 18.8. The molecule has 3 amide bonds. The number of carbonyl (C=O) groups is 4. The van der Waals surface area contributed by atoms with Gasteiger partial charge in [0.2, 0.25) is 6.41 Å². The van der Waals surface area contributed by atoms with E-state index in [-0.39, 0.29) is 33.2 Å². The number of terminal acetylenes is 1. The minimum Gasteiger partial charge on any atom is -0.477 e. The van der Waals surface area contributed by atoms with Crippen molar-refractivity contribution in [3.8, 4) is 12.3 Å². The second-order valence-corrected chi connectivity index (χ2v) is 10.2. The van der Waals surface area contributed by atoms with Gasteiger partial charge in [-0.05, 0) is 0 Å². The average Bonchev–Trinajstić information content (AvgIpc) is 3.24. The predicted molar refractivity (Wildman–Crippen MR) is 134 cm³/mol. The van der Waals surface area contributed by atoms with Crippen LogP contribution in [-0.4, -0.2) is 68.7 Å². The number of β-lactam (4-membered cyclic amide) rings is 1. The number of carbonyl (C=O) groups excluding carboxylic acids is 3. The lowest BCUT2D eigenvalue weighted by Crippen LogP contribution is -2.71. The maximum atomic E-state index is 13.1. The predicted octanol–water partition coefficient (Wildman–Crippen LogP) is 0.445. The van der Waals surface area contributed by atoms with Gasteiger partial charge in [0, 0.05) is 23.5 Å². The van der Waals surface area contributed by atoms with Crippen molar-refractivity contribution in [2.45, 2.75) is 18.0 Å². The van der Waals surface area contributed by atoms with Crippen molar-refractivity contribution in [1.29, 1.82) is 0 Å². The summed E-state index contributed by atoms with van der Waals surface area (Å²) in [5, 5.41) is 18.0. The second-order valence-electron chi connectivity index (χ2n) is 7.49. The third kappa shape index (κ3) is 5.43. The van der Waals surface area contributed by atoms with Gasteiger partial charge in [-0.25, -0.2) is 14.3 Å². The minimum atomic E-state index is -1.23. The van der Waals surface area contributed by atoms with Gasteiger partial charge in [-0.15, -0.1) is 18.2 Å². The highest BCUT2D eigenvalue weighted by atomic mass is 35.5. The number of anilines is 1. The van der Waals surface area contributed by atoms with Crippen LogP contribution in [0, 0.1) is 12.3 Å². The molecule has 3 N–H and O–H groups in total. The van der Waals surface area contributed by atoms with Gasteiger partial charge >= 0.3 is 5.97 Å². The summed E-state index contributed by atoms with van der Waals surface area (Å²) in [6.07, 6.45) is 9.15. The molecule has 2 atom stereocenters. The number of rotatable bonds is 10. The highest BCUT2D eigenvalue weighted by Gasteiger charge is 2.54. The number of nitrogens with zero attached hydrogens (tertiary/aromatic N) is 4. The minimum absolute atomic E-state index is 0.0373. The van der Waals surface area contributed by atoms with E-state index in [1.165, 1.54) is 16.7 Å². The fourth-order valence-corrected chi connectivity index (χ4v) is 6.00. The van der Waals surface area contributed by atoms with E-state index >= 15 is 0 Å². The molecule has 15 heteroatoms. The van der Waals surface area contributed by atoms with E-state index in [4.69, 9.17) is 22.9 Å². The second kappa shape index (κ2) is 11.4. The molecule has 0 aliphatic carbocycles. The fraction of sp³-hybridized carbons (Fsp3) is 0.227. The number of aliphatic carboxylic acids is 1. The Bertz CT molecular complexity index is 1360.